The minimum atomic E-state index is -1.87. The lowest BCUT2D eigenvalue weighted by Gasteiger charge is -2.45. The summed E-state index contributed by atoms with van der Waals surface area (Å²) >= 11 is 0. The molecule has 2 unspecified atom stereocenters. The number of hydrogen-bond acceptors (Lipinski definition) is 16. The molecular formula is C18H32O16. The quantitative estimate of drug-likeness (QED) is 0.154. The van der Waals surface area contributed by atoms with E-state index in [1.54, 1.807) is 0 Å². The molecule has 3 aliphatic heterocycles. The van der Waals surface area contributed by atoms with Gasteiger partial charge in [-0.05, 0) is 0 Å². The highest BCUT2D eigenvalue weighted by Crippen LogP contribution is 2.29. The first-order valence-electron chi connectivity index (χ1n) is 10.6. The van der Waals surface area contributed by atoms with E-state index in [-0.39, 0.29) is 0 Å². The van der Waals surface area contributed by atoms with Crippen LogP contribution in [-0.2, 0) is 23.7 Å². The molecule has 0 radical (unpaired) electrons. The van der Waals surface area contributed by atoms with Gasteiger partial charge in [0.1, 0.15) is 73.2 Å². The van der Waals surface area contributed by atoms with Crippen molar-refractivity contribution in [3.63, 3.8) is 0 Å². The highest BCUT2D eigenvalue weighted by molar-refractivity contribution is 4.94. The molecular weight excluding hydrogens is 472 g/mol. The number of rotatable bonds is 7. The van der Waals surface area contributed by atoms with Crippen LogP contribution in [0.4, 0.5) is 0 Å². The molecule has 15 atom stereocenters. The third-order valence-corrected chi connectivity index (χ3v) is 6.07. The fourth-order valence-corrected chi connectivity index (χ4v) is 3.95. The predicted molar refractivity (Wildman–Crippen MR) is 101 cm³/mol. The van der Waals surface area contributed by atoms with E-state index in [1.807, 2.05) is 0 Å². The first-order valence-corrected chi connectivity index (χ1v) is 10.6. The molecule has 0 aromatic rings. The summed E-state index contributed by atoms with van der Waals surface area (Å²) in [4.78, 5) is 0. The Morgan fingerprint density at radius 1 is 0.500 bits per heavy atom. The summed E-state index contributed by atoms with van der Waals surface area (Å²) in [6.45, 7) is -2.07. The van der Waals surface area contributed by atoms with Gasteiger partial charge in [0, 0.05) is 0 Å². The van der Waals surface area contributed by atoms with Gasteiger partial charge in [-0.3, -0.25) is 0 Å². The summed E-state index contributed by atoms with van der Waals surface area (Å²) < 4.78 is 26.3. The van der Waals surface area contributed by atoms with Crippen LogP contribution in [0.1, 0.15) is 0 Å². The Kier molecular flexibility index (Phi) is 9.54. The van der Waals surface area contributed by atoms with Crippen molar-refractivity contribution >= 4 is 0 Å². The van der Waals surface area contributed by atoms with E-state index < -0.39 is 112 Å². The monoisotopic (exact) mass is 504 g/mol. The number of ether oxygens (including phenoxy) is 5. The molecule has 0 aliphatic carbocycles. The molecule has 11 N–H and O–H groups in total. The van der Waals surface area contributed by atoms with Gasteiger partial charge in [-0.2, -0.15) is 0 Å². The third-order valence-electron chi connectivity index (χ3n) is 6.07. The van der Waals surface area contributed by atoms with Gasteiger partial charge in [-0.1, -0.05) is 0 Å². The normalized spacial score (nSPS) is 52.5. The maximum atomic E-state index is 10.3. The van der Waals surface area contributed by atoms with Crippen LogP contribution in [0.2, 0.25) is 0 Å². The van der Waals surface area contributed by atoms with Crippen LogP contribution in [0.5, 0.6) is 0 Å². The molecule has 3 fully saturated rings. The average molecular weight is 504 g/mol. The van der Waals surface area contributed by atoms with Crippen LogP contribution in [-0.4, -0.2) is 168 Å². The van der Waals surface area contributed by atoms with Gasteiger partial charge < -0.3 is 79.9 Å². The lowest BCUT2D eigenvalue weighted by molar-refractivity contribution is -0.362. The molecule has 0 spiro atoms. The van der Waals surface area contributed by atoms with Crippen molar-refractivity contribution in [1.29, 1.82) is 0 Å². The van der Waals surface area contributed by atoms with Crippen molar-refractivity contribution in [3.05, 3.63) is 0 Å². The van der Waals surface area contributed by atoms with Gasteiger partial charge in [0.2, 0.25) is 0 Å². The summed E-state index contributed by atoms with van der Waals surface area (Å²) in [7, 11) is 0. The zero-order valence-corrected chi connectivity index (χ0v) is 17.7. The van der Waals surface area contributed by atoms with Crippen molar-refractivity contribution < 1.29 is 79.9 Å². The van der Waals surface area contributed by atoms with Crippen molar-refractivity contribution in [2.45, 2.75) is 92.1 Å². The van der Waals surface area contributed by atoms with Crippen LogP contribution in [0, 0.1) is 0 Å². The molecule has 16 nitrogen and oxygen atoms in total. The highest BCUT2D eigenvalue weighted by Gasteiger charge is 2.51. The van der Waals surface area contributed by atoms with Gasteiger partial charge in [-0.25, -0.2) is 0 Å². The number of aliphatic hydroxyl groups excluding tert-OH is 11. The molecule has 0 bridgehead atoms. The van der Waals surface area contributed by atoms with Gasteiger partial charge in [0.25, 0.3) is 0 Å². The number of hydrogen-bond donors (Lipinski definition) is 11. The van der Waals surface area contributed by atoms with Crippen LogP contribution in [0.25, 0.3) is 0 Å². The van der Waals surface area contributed by atoms with E-state index in [0.717, 1.165) is 0 Å². The standard InChI is InChI=1S/C18H32O16/c19-1-4-7(21)9(23)13(27)17(32-4)30-3-6-8(22)10(24)14(28)18(33-6)34-15-5(2-20)31-16(29)12(26)11(15)25/h4-29H,1-3H2/t4-,5-,6-,7+,8+,9+,10+,11-,12-,13-,14-,15?,16-,17?,18+/m1/s1. The van der Waals surface area contributed by atoms with Gasteiger partial charge in [0.15, 0.2) is 18.9 Å². The minimum Gasteiger partial charge on any atom is -0.394 e. The van der Waals surface area contributed by atoms with Crippen molar-refractivity contribution in [1.82, 2.24) is 0 Å². The second-order valence-electron chi connectivity index (χ2n) is 8.37. The third kappa shape index (κ3) is 5.52. The second kappa shape index (κ2) is 11.6. The summed E-state index contributed by atoms with van der Waals surface area (Å²) in [5, 5.41) is 109. The van der Waals surface area contributed by atoms with Gasteiger partial charge in [-0.15, -0.1) is 0 Å². The Morgan fingerprint density at radius 2 is 1.03 bits per heavy atom. The minimum absolute atomic E-state index is 0.609. The molecule has 34 heavy (non-hydrogen) atoms. The van der Waals surface area contributed by atoms with E-state index in [4.69, 9.17) is 23.7 Å². The molecule has 0 saturated carbocycles. The summed E-state index contributed by atoms with van der Waals surface area (Å²) in [6.07, 6.45) is -24.9. The Hall–Kier alpha value is -0.640. The Labute approximate surface area is 192 Å². The second-order valence-corrected chi connectivity index (χ2v) is 8.37. The lowest BCUT2D eigenvalue weighted by atomic mass is 9.97. The molecule has 200 valence electrons. The van der Waals surface area contributed by atoms with Crippen LogP contribution < -0.4 is 0 Å². The zero-order chi connectivity index (χ0) is 25.3. The number of aliphatic hydroxyl groups is 11. The van der Waals surface area contributed by atoms with Crippen molar-refractivity contribution in [3.8, 4) is 0 Å². The summed E-state index contributed by atoms with van der Waals surface area (Å²) in [5.74, 6) is 0. The van der Waals surface area contributed by atoms with Gasteiger partial charge in [0.05, 0.1) is 19.8 Å². The van der Waals surface area contributed by atoms with E-state index in [0.29, 0.717) is 0 Å². The van der Waals surface area contributed by atoms with E-state index >= 15 is 0 Å². The molecule has 0 aromatic carbocycles. The molecule has 3 aliphatic rings. The maximum Gasteiger partial charge on any atom is 0.187 e. The van der Waals surface area contributed by atoms with Gasteiger partial charge >= 0.3 is 0 Å². The SMILES string of the molecule is OC[C@H]1O[C@@H](O)[C@H](O)[C@@H](O)C1O[C@@H]1O[C@H](COC2O[C@H](CO)[C@H](O)[C@H](O)[C@H]2O)[C@H](O)[C@H](O)[C@H]1O. The summed E-state index contributed by atoms with van der Waals surface area (Å²) in [5.41, 5.74) is 0. The average Bonchev–Trinajstić information content (AvgIpc) is 2.82. The van der Waals surface area contributed by atoms with Crippen LogP contribution in [0.3, 0.4) is 0 Å². The van der Waals surface area contributed by atoms with E-state index in [9.17, 15) is 56.2 Å². The smallest absolute Gasteiger partial charge is 0.187 e. The van der Waals surface area contributed by atoms with Crippen LogP contribution >= 0.6 is 0 Å². The predicted octanol–water partition coefficient (Wildman–Crippen LogP) is -7.57. The highest BCUT2D eigenvalue weighted by atomic mass is 16.7. The van der Waals surface area contributed by atoms with Crippen molar-refractivity contribution in [2.24, 2.45) is 0 Å². The first-order chi connectivity index (χ1) is 16.0. The molecule has 3 rings (SSSR count). The van der Waals surface area contributed by atoms with E-state index in [1.165, 1.54) is 0 Å². The maximum absolute atomic E-state index is 10.3. The molecule has 16 heteroatoms. The molecule has 3 heterocycles. The zero-order valence-electron chi connectivity index (χ0n) is 17.7. The van der Waals surface area contributed by atoms with Crippen molar-refractivity contribution in [2.75, 3.05) is 19.8 Å². The largest absolute Gasteiger partial charge is 0.394 e. The lowest BCUT2D eigenvalue weighted by Crippen LogP contribution is -2.65. The fraction of sp³-hybridized carbons (Fsp3) is 1.00. The molecule has 0 amide bonds. The van der Waals surface area contributed by atoms with E-state index in [2.05, 4.69) is 0 Å². The Balaban J connectivity index is 1.66. The topological polar surface area (TPSA) is 269 Å². The first kappa shape index (κ1) is 27.9. The fourth-order valence-electron chi connectivity index (χ4n) is 3.95. The summed E-state index contributed by atoms with van der Waals surface area (Å²) in [6, 6.07) is 0. The molecule has 3 saturated heterocycles. The Morgan fingerprint density at radius 3 is 1.62 bits per heavy atom. The molecule has 0 aromatic heterocycles. The van der Waals surface area contributed by atoms with Crippen LogP contribution in [0.15, 0.2) is 0 Å². The Bertz CT molecular complexity index is 637.